The molecule has 1 saturated heterocycles. The summed E-state index contributed by atoms with van der Waals surface area (Å²) in [4.78, 5) is 28.4. The molecule has 0 bridgehead atoms. The second-order valence-corrected chi connectivity index (χ2v) is 8.80. The molecule has 0 radical (unpaired) electrons. The molecular weight excluding hydrogens is 438 g/mol. The van der Waals surface area contributed by atoms with E-state index in [1.54, 1.807) is 31.4 Å². The summed E-state index contributed by atoms with van der Waals surface area (Å²) < 4.78 is 5.12. The highest BCUT2D eigenvalue weighted by atomic mass is 32.2. The van der Waals surface area contributed by atoms with Crippen molar-refractivity contribution < 1.29 is 14.3 Å². The number of nitrogens with zero attached hydrogens (tertiary/aromatic N) is 4. The van der Waals surface area contributed by atoms with E-state index in [4.69, 9.17) is 10.5 Å². The first kappa shape index (κ1) is 24.1. The molecule has 9 heteroatoms. The molecule has 3 rings (SSSR count). The summed E-state index contributed by atoms with van der Waals surface area (Å²) in [6.45, 7) is 1.81. The molecule has 2 amide bonds. The SMILES string of the molecule is COc1ccc(N2C(=O)C[C@H](SC(N)=NN=C(C)/C=C/c3ccc(N(C)C)cc3)C2=O)cc1. The van der Waals surface area contributed by atoms with Gasteiger partial charge in [-0.05, 0) is 55.0 Å². The minimum Gasteiger partial charge on any atom is -0.497 e. The number of anilines is 2. The summed E-state index contributed by atoms with van der Waals surface area (Å²) in [5.74, 6) is 0.0430. The minimum atomic E-state index is -0.635. The van der Waals surface area contributed by atoms with E-state index in [1.165, 1.54) is 4.90 Å². The highest BCUT2D eigenvalue weighted by Gasteiger charge is 2.40. The maximum atomic E-state index is 12.8. The first-order valence-electron chi connectivity index (χ1n) is 10.3. The standard InChI is InChI=1S/C24H27N5O3S/c1-16(5-6-17-7-9-18(10-8-17)28(2)3)26-27-24(25)33-21-15-22(30)29(23(21)31)19-11-13-20(32-4)14-12-19/h5-14,21H,15H2,1-4H3,(H2,25,27)/b6-5+,26-16?/t21-/m0/s1. The zero-order chi connectivity index (χ0) is 24.0. The van der Waals surface area contributed by atoms with Crippen LogP contribution in [0.15, 0.2) is 64.8 Å². The predicted molar refractivity (Wildman–Crippen MR) is 136 cm³/mol. The number of amidine groups is 1. The third-order valence-electron chi connectivity index (χ3n) is 4.93. The fourth-order valence-electron chi connectivity index (χ4n) is 3.13. The van der Waals surface area contributed by atoms with Crippen molar-refractivity contribution in [2.45, 2.75) is 18.6 Å². The van der Waals surface area contributed by atoms with Gasteiger partial charge in [0.2, 0.25) is 11.8 Å². The highest BCUT2D eigenvalue weighted by Crippen LogP contribution is 2.30. The number of carbonyl (C=O) groups excluding carboxylic acids is 2. The van der Waals surface area contributed by atoms with Crippen LogP contribution in [0.2, 0.25) is 0 Å². The molecule has 2 N–H and O–H groups in total. The number of carbonyl (C=O) groups is 2. The molecule has 1 atom stereocenters. The van der Waals surface area contributed by atoms with Gasteiger partial charge in [-0.1, -0.05) is 30.0 Å². The average molecular weight is 466 g/mol. The van der Waals surface area contributed by atoms with Crippen LogP contribution >= 0.6 is 11.8 Å². The molecule has 2 aromatic rings. The normalized spacial score (nSPS) is 17.2. The number of imide groups is 1. The van der Waals surface area contributed by atoms with Gasteiger partial charge in [0, 0.05) is 26.2 Å². The minimum absolute atomic E-state index is 0.0529. The van der Waals surface area contributed by atoms with Gasteiger partial charge in [-0.15, -0.1) is 5.10 Å². The lowest BCUT2D eigenvalue weighted by atomic mass is 10.2. The Kier molecular flexibility index (Phi) is 7.89. The molecule has 33 heavy (non-hydrogen) atoms. The Hall–Kier alpha value is -3.59. The number of nitrogens with two attached hydrogens (primary N) is 1. The van der Waals surface area contributed by atoms with E-state index in [-0.39, 0.29) is 23.4 Å². The van der Waals surface area contributed by atoms with Crippen molar-refractivity contribution in [1.82, 2.24) is 0 Å². The smallest absolute Gasteiger partial charge is 0.247 e. The van der Waals surface area contributed by atoms with Crippen LogP contribution in [0.3, 0.4) is 0 Å². The molecule has 0 unspecified atom stereocenters. The Labute approximate surface area is 197 Å². The summed E-state index contributed by atoms with van der Waals surface area (Å²) in [6, 6.07) is 14.9. The van der Waals surface area contributed by atoms with Gasteiger partial charge in [-0.25, -0.2) is 4.90 Å². The third kappa shape index (κ3) is 6.23. The maximum absolute atomic E-state index is 12.8. The van der Waals surface area contributed by atoms with Gasteiger partial charge in [0.25, 0.3) is 0 Å². The summed E-state index contributed by atoms with van der Waals surface area (Å²) >= 11 is 1.04. The molecule has 0 spiro atoms. The van der Waals surface area contributed by atoms with E-state index >= 15 is 0 Å². The van der Waals surface area contributed by atoms with Crippen molar-refractivity contribution in [3.8, 4) is 5.75 Å². The summed E-state index contributed by atoms with van der Waals surface area (Å²) in [5, 5.41) is 7.60. The Balaban J connectivity index is 1.60. The molecule has 172 valence electrons. The van der Waals surface area contributed by atoms with E-state index in [0.717, 1.165) is 23.0 Å². The number of methoxy groups -OCH3 is 1. The van der Waals surface area contributed by atoms with Crippen LogP contribution in [-0.4, -0.2) is 49.1 Å². The fourth-order valence-corrected chi connectivity index (χ4v) is 3.94. The van der Waals surface area contributed by atoms with Crippen molar-refractivity contribution in [3.05, 3.63) is 60.2 Å². The lowest BCUT2D eigenvalue weighted by Gasteiger charge is -2.15. The Morgan fingerprint density at radius 2 is 1.79 bits per heavy atom. The number of ether oxygens (including phenoxy) is 1. The lowest BCUT2D eigenvalue weighted by molar-refractivity contribution is -0.121. The number of hydrogen-bond acceptors (Lipinski definition) is 7. The van der Waals surface area contributed by atoms with Crippen LogP contribution < -0.4 is 20.3 Å². The summed E-state index contributed by atoms with van der Waals surface area (Å²) in [6.07, 6.45) is 3.82. The Morgan fingerprint density at radius 1 is 1.12 bits per heavy atom. The second-order valence-electron chi connectivity index (χ2n) is 7.57. The van der Waals surface area contributed by atoms with Crippen molar-refractivity contribution in [3.63, 3.8) is 0 Å². The molecule has 1 aliphatic heterocycles. The summed E-state index contributed by atoms with van der Waals surface area (Å²) in [7, 11) is 5.54. The quantitative estimate of drug-likeness (QED) is 0.291. The number of allylic oxidation sites excluding steroid dienone is 1. The molecule has 0 saturated carbocycles. The van der Waals surface area contributed by atoms with Gasteiger partial charge in [-0.3, -0.25) is 9.59 Å². The van der Waals surface area contributed by atoms with Crippen LogP contribution in [-0.2, 0) is 9.59 Å². The largest absolute Gasteiger partial charge is 0.497 e. The average Bonchev–Trinajstić information content (AvgIpc) is 3.09. The molecule has 0 aliphatic carbocycles. The van der Waals surface area contributed by atoms with Crippen molar-refractivity contribution in [2.75, 3.05) is 31.0 Å². The van der Waals surface area contributed by atoms with E-state index in [1.807, 2.05) is 62.3 Å². The van der Waals surface area contributed by atoms with Crippen LogP contribution in [0.5, 0.6) is 5.75 Å². The third-order valence-corrected chi connectivity index (χ3v) is 5.91. The number of hydrogen-bond donors (Lipinski definition) is 1. The monoisotopic (exact) mass is 465 g/mol. The van der Waals surface area contributed by atoms with E-state index < -0.39 is 5.25 Å². The lowest BCUT2D eigenvalue weighted by Crippen LogP contribution is -2.31. The Bertz CT molecular complexity index is 1090. The van der Waals surface area contributed by atoms with Crippen molar-refractivity contribution in [2.24, 2.45) is 15.9 Å². The molecule has 1 aliphatic rings. The first-order chi connectivity index (χ1) is 15.8. The topological polar surface area (TPSA) is 101 Å². The van der Waals surface area contributed by atoms with Crippen LogP contribution in [0.25, 0.3) is 6.08 Å². The molecule has 2 aromatic carbocycles. The van der Waals surface area contributed by atoms with Gasteiger partial charge < -0.3 is 15.4 Å². The van der Waals surface area contributed by atoms with Gasteiger partial charge in [-0.2, -0.15) is 5.10 Å². The molecule has 0 aromatic heterocycles. The van der Waals surface area contributed by atoms with Gasteiger partial charge >= 0.3 is 0 Å². The highest BCUT2D eigenvalue weighted by molar-refractivity contribution is 8.14. The molecular formula is C24H27N5O3S. The van der Waals surface area contributed by atoms with E-state index in [9.17, 15) is 9.59 Å². The number of amides is 2. The van der Waals surface area contributed by atoms with Crippen molar-refractivity contribution in [1.29, 1.82) is 0 Å². The number of rotatable bonds is 7. The zero-order valence-electron chi connectivity index (χ0n) is 19.1. The number of thioether (sulfide) groups is 1. The number of benzene rings is 2. The molecule has 1 fully saturated rings. The fraction of sp³-hybridized carbons (Fsp3) is 0.250. The first-order valence-corrected chi connectivity index (χ1v) is 11.2. The van der Waals surface area contributed by atoms with E-state index in [2.05, 4.69) is 10.2 Å². The zero-order valence-corrected chi connectivity index (χ0v) is 19.9. The van der Waals surface area contributed by atoms with Gasteiger partial charge in [0.05, 0.1) is 18.5 Å². The van der Waals surface area contributed by atoms with Crippen LogP contribution in [0, 0.1) is 0 Å². The van der Waals surface area contributed by atoms with Crippen molar-refractivity contribution >= 4 is 51.9 Å². The molecule has 8 nitrogen and oxygen atoms in total. The van der Waals surface area contributed by atoms with E-state index in [0.29, 0.717) is 17.1 Å². The maximum Gasteiger partial charge on any atom is 0.247 e. The van der Waals surface area contributed by atoms with Crippen LogP contribution in [0.1, 0.15) is 18.9 Å². The predicted octanol–water partition coefficient (Wildman–Crippen LogP) is 3.53. The molecule has 1 heterocycles. The van der Waals surface area contributed by atoms with Crippen LogP contribution in [0.4, 0.5) is 11.4 Å². The van der Waals surface area contributed by atoms with Gasteiger partial charge in [0.15, 0.2) is 5.17 Å². The van der Waals surface area contributed by atoms with Gasteiger partial charge in [0.1, 0.15) is 11.0 Å². The Morgan fingerprint density at radius 3 is 2.39 bits per heavy atom. The summed E-state index contributed by atoms with van der Waals surface area (Å²) in [5.41, 5.74) is 9.28. The second kappa shape index (κ2) is 10.8.